The Hall–Kier alpha value is -2.65. The van der Waals surface area contributed by atoms with E-state index in [9.17, 15) is 23.4 Å². The Bertz CT molecular complexity index is 900. The van der Waals surface area contributed by atoms with Gasteiger partial charge in [0, 0.05) is 43.4 Å². The van der Waals surface area contributed by atoms with Crippen LogP contribution in [0.25, 0.3) is 11.3 Å². The van der Waals surface area contributed by atoms with E-state index in [0.29, 0.717) is 37.7 Å². The quantitative estimate of drug-likeness (QED) is 0.673. The smallest absolute Gasteiger partial charge is 0.416 e. The van der Waals surface area contributed by atoms with Crippen LogP contribution >= 0.6 is 0 Å². The summed E-state index contributed by atoms with van der Waals surface area (Å²) in [6.07, 6.45) is -2.05. The molecule has 1 aliphatic rings. The highest BCUT2D eigenvalue weighted by Crippen LogP contribution is 2.38. The minimum absolute atomic E-state index is 0.115. The Kier molecular flexibility index (Phi) is 5.81. The van der Waals surface area contributed by atoms with Crippen LogP contribution in [-0.2, 0) is 10.9 Å². The number of phenolic OH excluding ortho intramolecular Hbond substituents is 1. The van der Waals surface area contributed by atoms with Gasteiger partial charge in [0.1, 0.15) is 11.6 Å². The number of nitrogens with zero attached hydrogens (tertiary/aromatic N) is 2. The summed E-state index contributed by atoms with van der Waals surface area (Å²) in [4.78, 5) is 8.45. The Morgan fingerprint density at radius 2 is 1.97 bits per heavy atom. The number of ether oxygens (including phenoxy) is 1. The first kappa shape index (κ1) is 21.1. The predicted octanol–water partition coefficient (Wildman–Crippen LogP) is 3.32. The molecule has 0 spiro atoms. The molecule has 1 aromatic carbocycles. The summed E-state index contributed by atoms with van der Waals surface area (Å²) < 4.78 is 43.9. The van der Waals surface area contributed by atoms with Gasteiger partial charge in [0.2, 0.25) is 0 Å². The van der Waals surface area contributed by atoms with E-state index in [2.05, 4.69) is 9.98 Å². The number of pyridine rings is 1. The lowest BCUT2D eigenvalue weighted by atomic mass is 9.95. The first-order chi connectivity index (χ1) is 13.6. The van der Waals surface area contributed by atoms with Gasteiger partial charge >= 0.3 is 6.18 Å². The largest absolute Gasteiger partial charge is 0.507 e. The highest BCUT2D eigenvalue weighted by molar-refractivity contribution is 5.87. The van der Waals surface area contributed by atoms with E-state index in [-0.39, 0.29) is 29.2 Å². The maximum absolute atomic E-state index is 12.9. The molecule has 0 amide bonds. The summed E-state index contributed by atoms with van der Waals surface area (Å²) in [5.74, 6) is -0.406. The summed E-state index contributed by atoms with van der Waals surface area (Å²) >= 11 is 0. The van der Waals surface area contributed by atoms with E-state index in [1.54, 1.807) is 12.1 Å². The van der Waals surface area contributed by atoms with E-state index < -0.39 is 23.1 Å². The average Bonchev–Trinajstić information content (AvgIpc) is 2.62. The fourth-order valence-corrected chi connectivity index (χ4v) is 3.22. The third-order valence-electron chi connectivity index (χ3n) is 4.90. The maximum Gasteiger partial charge on any atom is 0.416 e. The van der Waals surface area contributed by atoms with E-state index in [4.69, 9.17) is 10.5 Å². The van der Waals surface area contributed by atoms with Gasteiger partial charge in [-0.25, -0.2) is 4.98 Å². The molecule has 4 N–H and O–H groups in total. The molecule has 2 heterocycles. The van der Waals surface area contributed by atoms with E-state index >= 15 is 0 Å². The molecule has 0 saturated carbocycles. The number of halogens is 3. The average molecular weight is 409 g/mol. The molecule has 9 heteroatoms. The molecule has 0 aliphatic carbocycles. The van der Waals surface area contributed by atoms with Gasteiger partial charge in [-0.1, -0.05) is 0 Å². The minimum Gasteiger partial charge on any atom is -0.507 e. The van der Waals surface area contributed by atoms with Crippen LogP contribution in [0.15, 0.2) is 29.3 Å². The Morgan fingerprint density at radius 3 is 2.55 bits per heavy atom. The van der Waals surface area contributed by atoms with Crippen LogP contribution in [0.3, 0.4) is 0 Å². The van der Waals surface area contributed by atoms with Crippen molar-refractivity contribution in [3.63, 3.8) is 0 Å². The fourth-order valence-electron chi connectivity index (χ4n) is 3.22. The van der Waals surface area contributed by atoms with Crippen molar-refractivity contribution in [3.05, 3.63) is 41.0 Å². The number of aromatic nitrogens is 1. The highest BCUT2D eigenvalue weighted by Gasteiger charge is 2.32. The zero-order chi connectivity index (χ0) is 21.2. The second-order valence-electron chi connectivity index (χ2n) is 7.16. The van der Waals surface area contributed by atoms with Crippen molar-refractivity contribution in [1.82, 2.24) is 4.98 Å². The van der Waals surface area contributed by atoms with Crippen molar-refractivity contribution in [2.75, 3.05) is 25.5 Å². The van der Waals surface area contributed by atoms with E-state index in [1.165, 1.54) is 13.1 Å². The lowest BCUT2D eigenvalue weighted by molar-refractivity contribution is -0.137. The van der Waals surface area contributed by atoms with Crippen molar-refractivity contribution in [3.8, 4) is 17.0 Å². The summed E-state index contributed by atoms with van der Waals surface area (Å²) in [6.45, 7) is 2.64. The lowest BCUT2D eigenvalue weighted by Gasteiger charge is -2.30. The first-order valence-corrected chi connectivity index (χ1v) is 9.07. The number of benzene rings is 1. The van der Waals surface area contributed by atoms with Crippen molar-refractivity contribution in [2.45, 2.75) is 31.5 Å². The summed E-state index contributed by atoms with van der Waals surface area (Å²) in [6, 6.07) is 4.79. The van der Waals surface area contributed by atoms with Gasteiger partial charge in [-0.05, 0) is 36.8 Å². The summed E-state index contributed by atoms with van der Waals surface area (Å²) in [5.41, 5.74) is 5.31. The summed E-state index contributed by atoms with van der Waals surface area (Å²) in [5, 5.41) is 20.5. The number of alkyl halides is 3. The lowest BCUT2D eigenvalue weighted by Crippen LogP contribution is -2.38. The number of aromatic hydroxyl groups is 1. The van der Waals surface area contributed by atoms with Crippen LogP contribution in [0.2, 0.25) is 0 Å². The molecule has 0 atom stereocenters. The standard InChI is InChI=1S/C20H22F3N3O3/c1-12-8-14(20(21,22)23)9-16(27)17(12)15-3-2-13(18(24)26-15)10-25-11-19(28)4-6-29-7-5-19/h2-3,8-10,27-28H,4-7,11H2,1H3,(H2,24,26). The molecular weight excluding hydrogens is 387 g/mol. The molecule has 3 rings (SSSR count). The Labute approximate surface area is 165 Å². The minimum atomic E-state index is -4.55. The van der Waals surface area contributed by atoms with Crippen LogP contribution < -0.4 is 5.73 Å². The first-order valence-electron chi connectivity index (χ1n) is 9.07. The molecule has 1 aromatic heterocycles. The molecule has 1 saturated heterocycles. The number of rotatable bonds is 4. The number of nitrogen functional groups attached to an aromatic ring is 1. The number of hydrogen-bond donors (Lipinski definition) is 3. The molecule has 2 aromatic rings. The van der Waals surface area contributed by atoms with Gasteiger partial charge in [0.05, 0.1) is 23.4 Å². The van der Waals surface area contributed by atoms with Crippen molar-refractivity contribution in [2.24, 2.45) is 4.99 Å². The van der Waals surface area contributed by atoms with Gasteiger partial charge in [-0.2, -0.15) is 13.2 Å². The summed E-state index contributed by atoms with van der Waals surface area (Å²) in [7, 11) is 0. The normalized spacial score (nSPS) is 17.0. The van der Waals surface area contributed by atoms with Crippen LogP contribution in [0.1, 0.15) is 29.5 Å². The maximum atomic E-state index is 12.9. The van der Waals surface area contributed by atoms with Crippen molar-refractivity contribution >= 4 is 12.0 Å². The van der Waals surface area contributed by atoms with Gasteiger partial charge < -0.3 is 20.7 Å². The number of phenols is 1. The third kappa shape index (κ3) is 4.86. The second kappa shape index (κ2) is 8.00. The van der Waals surface area contributed by atoms with Gasteiger partial charge in [-0.15, -0.1) is 0 Å². The molecule has 0 bridgehead atoms. The number of nitrogens with two attached hydrogens (primary N) is 1. The third-order valence-corrected chi connectivity index (χ3v) is 4.90. The number of aryl methyl sites for hydroxylation is 1. The number of aliphatic imine (C=N–C) groups is 1. The van der Waals surface area contributed by atoms with E-state index in [1.807, 2.05) is 0 Å². The second-order valence-corrected chi connectivity index (χ2v) is 7.16. The van der Waals surface area contributed by atoms with Crippen LogP contribution in [0.5, 0.6) is 5.75 Å². The fraction of sp³-hybridized carbons (Fsp3) is 0.400. The number of anilines is 1. The zero-order valence-corrected chi connectivity index (χ0v) is 15.8. The number of hydrogen-bond acceptors (Lipinski definition) is 6. The topological polar surface area (TPSA) is 101 Å². The van der Waals surface area contributed by atoms with Crippen molar-refractivity contribution in [1.29, 1.82) is 0 Å². The SMILES string of the molecule is Cc1cc(C(F)(F)F)cc(O)c1-c1ccc(C=NCC2(O)CCOCC2)c(N)n1. The van der Waals surface area contributed by atoms with Gasteiger partial charge in [0.15, 0.2) is 0 Å². The number of aliphatic hydroxyl groups is 1. The van der Waals surface area contributed by atoms with Crippen molar-refractivity contribution < 1.29 is 28.1 Å². The monoisotopic (exact) mass is 409 g/mol. The molecule has 1 fully saturated rings. The van der Waals surface area contributed by atoms with Crippen LogP contribution in [-0.4, -0.2) is 46.8 Å². The van der Waals surface area contributed by atoms with E-state index in [0.717, 1.165) is 6.07 Å². The molecule has 0 radical (unpaired) electrons. The predicted molar refractivity (Wildman–Crippen MR) is 103 cm³/mol. The van der Waals surface area contributed by atoms with Crippen LogP contribution in [0.4, 0.5) is 19.0 Å². The molecule has 1 aliphatic heterocycles. The Balaban J connectivity index is 1.82. The molecular formula is C20H22F3N3O3. The van der Waals surface area contributed by atoms with Gasteiger partial charge in [-0.3, -0.25) is 4.99 Å². The molecule has 29 heavy (non-hydrogen) atoms. The molecule has 156 valence electrons. The van der Waals surface area contributed by atoms with Gasteiger partial charge in [0.25, 0.3) is 0 Å². The molecule has 6 nitrogen and oxygen atoms in total. The Morgan fingerprint density at radius 1 is 1.28 bits per heavy atom. The highest BCUT2D eigenvalue weighted by atomic mass is 19.4. The van der Waals surface area contributed by atoms with Crippen LogP contribution in [0, 0.1) is 6.92 Å². The zero-order valence-electron chi connectivity index (χ0n) is 15.8. The molecule has 0 unspecified atom stereocenters.